The van der Waals surface area contributed by atoms with E-state index in [0.717, 1.165) is 0 Å². The Balaban J connectivity index is 3.13. The van der Waals surface area contributed by atoms with Crippen molar-refractivity contribution in [2.75, 3.05) is 11.9 Å². The molecule has 0 fully saturated rings. The smallest absolute Gasteiger partial charge is 0.394 e. The van der Waals surface area contributed by atoms with Crippen LogP contribution >= 0.6 is 0 Å². The third-order valence-electron chi connectivity index (χ3n) is 2.90. The number of carbonyl (C=O) groups excluding carboxylic acids is 2. The molecule has 140 valence electrons. The molecule has 0 aromatic heterocycles. The van der Waals surface area contributed by atoms with E-state index in [2.05, 4.69) is 5.32 Å². The van der Waals surface area contributed by atoms with Crippen LogP contribution < -0.4 is 10.6 Å². The predicted molar refractivity (Wildman–Crippen MR) is 74.4 cm³/mol. The number of aliphatic hydroxyl groups is 1. The molecule has 25 heavy (non-hydrogen) atoms. The first kappa shape index (κ1) is 20.7. The fourth-order valence-corrected chi connectivity index (χ4v) is 1.62. The number of aliphatic hydroxyl groups excluding tert-OH is 1. The molecule has 0 bridgehead atoms. The summed E-state index contributed by atoms with van der Waals surface area (Å²) in [5.74, 6) is -2.81. The molecule has 0 aliphatic heterocycles. The van der Waals surface area contributed by atoms with E-state index in [-0.39, 0.29) is 18.2 Å². The zero-order valence-corrected chi connectivity index (χ0v) is 13.0. The second kappa shape index (κ2) is 6.90. The summed E-state index contributed by atoms with van der Waals surface area (Å²) in [6.45, 7) is 2.15. The number of anilines is 1. The SMILES string of the molecule is CC(C)(CO)NC(=O)C(=O)Nc1cc(C(F)(F)F)cc(C(F)(F)F)c1. The maximum atomic E-state index is 12.7. The van der Waals surface area contributed by atoms with Gasteiger partial charge in [0.15, 0.2) is 0 Å². The van der Waals surface area contributed by atoms with Crippen molar-refractivity contribution in [3.8, 4) is 0 Å². The van der Waals surface area contributed by atoms with Gasteiger partial charge in [0.25, 0.3) is 0 Å². The second-order valence-electron chi connectivity index (χ2n) is 5.74. The molecule has 2 amide bonds. The molecule has 0 atom stereocenters. The third kappa shape index (κ3) is 5.93. The Hall–Kier alpha value is -2.30. The quantitative estimate of drug-likeness (QED) is 0.564. The molecule has 0 aliphatic rings. The highest BCUT2D eigenvalue weighted by Crippen LogP contribution is 2.37. The average Bonchev–Trinajstić information content (AvgIpc) is 2.44. The average molecular weight is 372 g/mol. The number of benzene rings is 1. The Bertz CT molecular complexity index is 635. The van der Waals surface area contributed by atoms with Crippen LogP contribution in [-0.4, -0.2) is 29.1 Å². The van der Waals surface area contributed by atoms with Crippen molar-refractivity contribution in [2.45, 2.75) is 31.7 Å². The predicted octanol–water partition coefficient (Wildman–Crippen LogP) is 2.55. The van der Waals surface area contributed by atoms with Crippen LogP contribution in [0.3, 0.4) is 0 Å². The van der Waals surface area contributed by atoms with Gasteiger partial charge in [0, 0.05) is 5.69 Å². The number of halogens is 6. The standard InChI is InChI=1S/C14H14F6N2O3/c1-12(2,6-23)22-11(25)10(24)21-9-4-7(13(15,16)17)3-8(5-9)14(18,19)20/h3-5,23H,6H2,1-2H3,(H,21,24)(H,22,25). The highest BCUT2D eigenvalue weighted by atomic mass is 19.4. The molecule has 0 spiro atoms. The monoisotopic (exact) mass is 372 g/mol. The zero-order chi connectivity index (χ0) is 19.6. The van der Waals surface area contributed by atoms with Crippen molar-refractivity contribution in [3.05, 3.63) is 29.3 Å². The Morgan fingerprint density at radius 3 is 1.72 bits per heavy atom. The summed E-state index contributed by atoms with van der Waals surface area (Å²) in [4.78, 5) is 23.3. The minimum Gasteiger partial charge on any atom is -0.394 e. The minimum atomic E-state index is -5.08. The largest absolute Gasteiger partial charge is 0.416 e. The second-order valence-corrected chi connectivity index (χ2v) is 5.74. The normalized spacial score (nSPS) is 12.7. The maximum absolute atomic E-state index is 12.7. The molecule has 3 N–H and O–H groups in total. The van der Waals surface area contributed by atoms with E-state index in [0.29, 0.717) is 0 Å². The topological polar surface area (TPSA) is 78.4 Å². The van der Waals surface area contributed by atoms with E-state index in [1.165, 1.54) is 13.8 Å². The number of rotatable bonds is 3. The van der Waals surface area contributed by atoms with Crippen molar-refractivity contribution in [1.29, 1.82) is 0 Å². The van der Waals surface area contributed by atoms with Gasteiger partial charge < -0.3 is 15.7 Å². The lowest BCUT2D eigenvalue weighted by molar-refractivity contribution is -0.143. The molecule has 0 unspecified atom stereocenters. The number of carbonyl (C=O) groups is 2. The first-order valence-corrected chi connectivity index (χ1v) is 6.69. The molecule has 0 heterocycles. The molecule has 0 aliphatic carbocycles. The maximum Gasteiger partial charge on any atom is 0.416 e. The van der Waals surface area contributed by atoms with Crippen LogP contribution in [0.15, 0.2) is 18.2 Å². The number of hydrogen-bond acceptors (Lipinski definition) is 3. The Morgan fingerprint density at radius 2 is 1.36 bits per heavy atom. The lowest BCUT2D eigenvalue weighted by atomic mass is 10.1. The summed E-state index contributed by atoms with van der Waals surface area (Å²) in [5, 5.41) is 12.7. The first-order chi connectivity index (χ1) is 11.2. The number of nitrogens with one attached hydrogen (secondary N) is 2. The summed E-state index contributed by atoms with van der Waals surface area (Å²) in [5.41, 5.74) is -5.31. The lowest BCUT2D eigenvalue weighted by Gasteiger charge is -2.23. The highest BCUT2D eigenvalue weighted by Gasteiger charge is 2.37. The van der Waals surface area contributed by atoms with Gasteiger partial charge in [0.2, 0.25) is 0 Å². The van der Waals surface area contributed by atoms with E-state index in [1.54, 1.807) is 5.32 Å². The molecule has 0 radical (unpaired) electrons. The van der Waals surface area contributed by atoms with E-state index in [1.807, 2.05) is 0 Å². The van der Waals surface area contributed by atoms with Crippen LogP contribution in [0.4, 0.5) is 32.0 Å². The summed E-state index contributed by atoms with van der Waals surface area (Å²) < 4.78 is 76.3. The Kier molecular flexibility index (Phi) is 5.73. The molecule has 0 saturated heterocycles. The van der Waals surface area contributed by atoms with Crippen LogP contribution in [0.2, 0.25) is 0 Å². The molecule has 1 rings (SSSR count). The van der Waals surface area contributed by atoms with Gasteiger partial charge in [-0.1, -0.05) is 0 Å². The number of hydrogen-bond donors (Lipinski definition) is 3. The van der Waals surface area contributed by atoms with Crippen molar-refractivity contribution in [1.82, 2.24) is 5.32 Å². The van der Waals surface area contributed by atoms with Gasteiger partial charge in [-0.15, -0.1) is 0 Å². The number of amides is 2. The zero-order valence-electron chi connectivity index (χ0n) is 13.0. The van der Waals surface area contributed by atoms with Gasteiger partial charge in [-0.3, -0.25) is 9.59 Å². The van der Waals surface area contributed by atoms with Gasteiger partial charge >= 0.3 is 24.2 Å². The molecule has 1 aromatic carbocycles. The fourth-order valence-electron chi connectivity index (χ4n) is 1.62. The molecular formula is C14H14F6N2O3. The van der Waals surface area contributed by atoms with Crippen LogP contribution in [0.1, 0.15) is 25.0 Å². The minimum absolute atomic E-state index is 0.107. The van der Waals surface area contributed by atoms with Crippen LogP contribution in [0.25, 0.3) is 0 Å². The third-order valence-corrected chi connectivity index (χ3v) is 2.90. The summed E-state index contributed by atoms with van der Waals surface area (Å²) in [7, 11) is 0. The van der Waals surface area contributed by atoms with Crippen molar-refractivity contribution >= 4 is 17.5 Å². The Labute approximate surface area is 138 Å². The van der Waals surface area contributed by atoms with Crippen LogP contribution in [0.5, 0.6) is 0 Å². The van der Waals surface area contributed by atoms with Gasteiger partial charge in [-0.05, 0) is 32.0 Å². The van der Waals surface area contributed by atoms with Gasteiger partial charge in [-0.2, -0.15) is 26.3 Å². The van der Waals surface area contributed by atoms with Crippen molar-refractivity contribution in [3.63, 3.8) is 0 Å². The van der Waals surface area contributed by atoms with Gasteiger partial charge in [-0.25, -0.2) is 0 Å². The summed E-state index contributed by atoms with van der Waals surface area (Å²) in [6.07, 6.45) is -10.2. The van der Waals surface area contributed by atoms with Crippen LogP contribution in [-0.2, 0) is 21.9 Å². The number of alkyl halides is 6. The highest BCUT2D eigenvalue weighted by molar-refractivity contribution is 6.39. The van der Waals surface area contributed by atoms with Gasteiger partial charge in [0.05, 0.1) is 23.3 Å². The first-order valence-electron chi connectivity index (χ1n) is 6.69. The molecule has 11 heteroatoms. The molecule has 5 nitrogen and oxygen atoms in total. The molecule has 1 aromatic rings. The van der Waals surface area contributed by atoms with Gasteiger partial charge in [0.1, 0.15) is 0 Å². The van der Waals surface area contributed by atoms with Crippen molar-refractivity contribution in [2.24, 2.45) is 0 Å². The summed E-state index contributed by atoms with van der Waals surface area (Å²) in [6, 6.07) is 0.444. The molecule has 0 saturated carbocycles. The van der Waals surface area contributed by atoms with E-state index in [4.69, 9.17) is 5.11 Å². The molecular weight excluding hydrogens is 358 g/mol. The van der Waals surface area contributed by atoms with E-state index < -0.39 is 53.1 Å². The van der Waals surface area contributed by atoms with Crippen LogP contribution in [0, 0.1) is 0 Å². The van der Waals surface area contributed by atoms with E-state index in [9.17, 15) is 35.9 Å². The summed E-state index contributed by atoms with van der Waals surface area (Å²) >= 11 is 0. The fraction of sp³-hybridized carbons (Fsp3) is 0.429. The Morgan fingerprint density at radius 1 is 0.920 bits per heavy atom. The van der Waals surface area contributed by atoms with E-state index >= 15 is 0 Å². The van der Waals surface area contributed by atoms with Crippen molar-refractivity contribution < 1.29 is 41.0 Å². The lowest BCUT2D eigenvalue weighted by Crippen LogP contribution is -2.50.